The Hall–Kier alpha value is -3.83. The highest BCUT2D eigenvalue weighted by Crippen LogP contribution is 2.30. The number of carbonyl (C=O) groups is 3. The lowest BCUT2D eigenvalue weighted by Crippen LogP contribution is -2.54. The van der Waals surface area contributed by atoms with Crippen molar-refractivity contribution in [3.63, 3.8) is 0 Å². The number of urea groups is 1. The van der Waals surface area contributed by atoms with Crippen molar-refractivity contribution in [2.24, 2.45) is 0 Å². The van der Waals surface area contributed by atoms with E-state index in [1.165, 1.54) is 48.5 Å². The van der Waals surface area contributed by atoms with Crippen LogP contribution in [0.4, 0.5) is 14.9 Å². The van der Waals surface area contributed by atoms with Crippen LogP contribution in [0.3, 0.4) is 0 Å². The van der Waals surface area contributed by atoms with Crippen molar-refractivity contribution < 1.29 is 31.4 Å². The lowest BCUT2D eigenvalue weighted by Gasteiger charge is -2.26. The maximum atomic E-state index is 13.2. The van der Waals surface area contributed by atoms with Gasteiger partial charge in [0.1, 0.15) is 16.3 Å². The molecule has 8 nitrogen and oxygen atoms in total. The monoisotopic (exact) mass is 558 g/mol. The largest absolute Gasteiger partial charge is 0.378 e. The average Bonchev–Trinajstić information content (AvgIpc) is 2.80. The summed E-state index contributed by atoms with van der Waals surface area (Å²) in [6, 6.07) is 14.1. The molecule has 1 aliphatic rings. The van der Waals surface area contributed by atoms with Crippen LogP contribution in [0.25, 0.3) is 6.08 Å². The number of amides is 4. The van der Waals surface area contributed by atoms with Gasteiger partial charge >= 0.3 is 16.1 Å². The first-order valence-electron chi connectivity index (χ1n) is 10.0. The van der Waals surface area contributed by atoms with Gasteiger partial charge < -0.3 is 4.18 Å². The molecule has 1 saturated heterocycles. The zero-order valence-corrected chi connectivity index (χ0v) is 20.4. The molecule has 0 bridgehead atoms. The molecular weight excluding hydrogens is 543 g/mol. The fourth-order valence-corrected chi connectivity index (χ4v) is 4.73. The fraction of sp³-hybridized carbons (Fsp3) is 0.0417. The number of halogens is 2. The van der Waals surface area contributed by atoms with Gasteiger partial charge in [0.25, 0.3) is 11.8 Å². The fourth-order valence-electron chi connectivity index (χ4n) is 3.19. The minimum absolute atomic E-state index is 0.00439. The molecule has 11 heteroatoms. The summed E-state index contributed by atoms with van der Waals surface area (Å²) in [5, 5.41) is 2.07. The molecule has 4 amide bonds. The molecule has 1 heterocycles. The zero-order chi connectivity index (χ0) is 25.3. The van der Waals surface area contributed by atoms with Gasteiger partial charge in [0.15, 0.2) is 5.75 Å². The molecule has 178 valence electrons. The number of nitrogens with one attached hydrogen (secondary N) is 1. The Morgan fingerprint density at radius 3 is 2.26 bits per heavy atom. The highest BCUT2D eigenvalue weighted by molar-refractivity contribution is 9.10. The normalized spacial score (nSPS) is 15.3. The van der Waals surface area contributed by atoms with E-state index in [-0.39, 0.29) is 26.4 Å². The predicted octanol–water partition coefficient (Wildman–Crippen LogP) is 4.33. The summed E-state index contributed by atoms with van der Waals surface area (Å²) in [6.07, 6.45) is 1.24. The molecule has 0 radical (unpaired) electrons. The smallest absolute Gasteiger partial charge is 0.339 e. The molecule has 1 N–H and O–H groups in total. The van der Waals surface area contributed by atoms with Gasteiger partial charge in [-0.2, -0.15) is 8.42 Å². The van der Waals surface area contributed by atoms with Crippen LogP contribution in [-0.4, -0.2) is 26.3 Å². The number of hydrogen-bond acceptors (Lipinski definition) is 6. The Kier molecular flexibility index (Phi) is 6.55. The minimum Gasteiger partial charge on any atom is -0.378 e. The standard InChI is InChI=1S/C24H16BrFN2O6S/c1-14-2-9-18(10-3-14)35(32,33)34-21-11-4-15(13-20(21)25)12-19-22(29)27-24(31)28(23(19)30)17-7-5-16(26)6-8-17/h2-13H,1H3,(H,27,29,31)/b19-12+. The molecule has 4 rings (SSSR count). The Balaban J connectivity index is 1.61. The van der Waals surface area contributed by atoms with Crippen LogP contribution in [-0.2, 0) is 19.7 Å². The van der Waals surface area contributed by atoms with Gasteiger partial charge in [0.2, 0.25) is 0 Å². The predicted molar refractivity (Wildman–Crippen MR) is 129 cm³/mol. The number of anilines is 1. The maximum absolute atomic E-state index is 13.2. The lowest BCUT2D eigenvalue weighted by atomic mass is 10.1. The van der Waals surface area contributed by atoms with Gasteiger partial charge in [-0.25, -0.2) is 14.1 Å². The molecule has 0 unspecified atom stereocenters. The van der Waals surface area contributed by atoms with Crippen molar-refractivity contribution in [2.75, 3.05) is 4.90 Å². The van der Waals surface area contributed by atoms with Crippen molar-refractivity contribution in [3.05, 3.63) is 93.7 Å². The van der Waals surface area contributed by atoms with E-state index in [4.69, 9.17) is 4.18 Å². The van der Waals surface area contributed by atoms with Crippen LogP contribution >= 0.6 is 15.9 Å². The Bertz CT molecular complexity index is 1490. The molecular formula is C24H16BrFN2O6S. The third kappa shape index (κ3) is 5.15. The van der Waals surface area contributed by atoms with Crippen LogP contribution in [0.15, 0.2) is 81.7 Å². The first-order chi connectivity index (χ1) is 16.5. The number of imide groups is 2. The van der Waals surface area contributed by atoms with Gasteiger partial charge in [0.05, 0.1) is 10.2 Å². The first-order valence-corrected chi connectivity index (χ1v) is 12.2. The van der Waals surface area contributed by atoms with Crippen LogP contribution in [0, 0.1) is 12.7 Å². The quantitative estimate of drug-likeness (QED) is 0.283. The number of benzene rings is 3. The Labute approximate surface area is 208 Å². The second-order valence-electron chi connectivity index (χ2n) is 7.47. The topological polar surface area (TPSA) is 110 Å². The van der Waals surface area contributed by atoms with E-state index in [1.54, 1.807) is 12.1 Å². The van der Waals surface area contributed by atoms with Gasteiger partial charge in [-0.3, -0.25) is 14.9 Å². The van der Waals surface area contributed by atoms with Crippen LogP contribution in [0.1, 0.15) is 11.1 Å². The van der Waals surface area contributed by atoms with E-state index >= 15 is 0 Å². The number of hydrogen-bond donors (Lipinski definition) is 1. The first kappa shape index (κ1) is 24.3. The van der Waals surface area contributed by atoms with E-state index in [1.807, 2.05) is 6.92 Å². The van der Waals surface area contributed by atoms with Gasteiger partial charge in [-0.15, -0.1) is 0 Å². The molecule has 0 aromatic heterocycles. The summed E-state index contributed by atoms with van der Waals surface area (Å²) in [4.78, 5) is 38.2. The molecule has 1 fully saturated rings. The van der Waals surface area contributed by atoms with Crippen LogP contribution < -0.4 is 14.4 Å². The van der Waals surface area contributed by atoms with E-state index < -0.39 is 33.8 Å². The number of barbiturate groups is 1. The molecule has 3 aromatic carbocycles. The van der Waals surface area contributed by atoms with Crippen molar-refractivity contribution in [3.8, 4) is 5.75 Å². The van der Waals surface area contributed by atoms with Crippen LogP contribution in [0.5, 0.6) is 5.75 Å². The van der Waals surface area contributed by atoms with E-state index in [2.05, 4.69) is 21.2 Å². The molecule has 0 atom stereocenters. The highest BCUT2D eigenvalue weighted by atomic mass is 79.9. The van der Waals surface area contributed by atoms with Crippen molar-refractivity contribution in [1.29, 1.82) is 0 Å². The van der Waals surface area contributed by atoms with Gasteiger partial charge in [-0.1, -0.05) is 23.8 Å². The van der Waals surface area contributed by atoms with E-state index in [0.29, 0.717) is 10.5 Å². The van der Waals surface area contributed by atoms with Crippen molar-refractivity contribution in [2.45, 2.75) is 11.8 Å². The molecule has 0 spiro atoms. The summed E-state index contributed by atoms with van der Waals surface area (Å²) in [5.41, 5.74) is 0.979. The number of rotatable bonds is 5. The van der Waals surface area contributed by atoms with Gasteiger partial charge in [0, 0.05) is 0 Å². The average molecular weight is 559 g/mol. The zero-order valence-electron chi connectivity index (χ0n) is 18.0. The summed E-state index contributed by atoms with van der Waals surface area (Å²) in [6.45, 7) is 1.83. The van der Waals surface area contributed by atoms with Gasteiger partial charge in [-0.05, 0) is 83.0 Å². The van der Waals surface area contributed by atoms with E-state index in [9.17, 15) is 27.2 Å². The van der Waals surface area contributed by atoms with E-state index in [0.717, 1.165) is 17.7 Å². The maximum Gasteiger partial charge on any atom is 0.339 e. The lowest BCUT2D eigenvalue weighted by molar-refractivity contribution is -0.122. The molecule has 35 heavy (non-hydrogen) atoms. The summed E-state index contributed by atoms with van der Waals surface area (Å²) < 4.78 is 43.8. The molecule has 0 saturated carbocycles. The summed E-state index contributed by atoms with van der Waals surface area (Å²) >= 11 is 3.24. The SMILES string of the molecule is Cc1ccc(S(=O)(=O)Oc2ccc(/C=C3\C(=O)NC(=O)N(c4ccc(F)cc4)C3=O)cc2Br)cc1. The molecule has 1 aliphatic heterocycles. The highest BCUT2D eigenvalue weighted by Gasteiger charge is 2.36. The Morgan fingerprint density at radius 2 is 1.63 bits per heavy atom. The van der Waals surface area contributed by atoms with Crippen molar-refractivity contribution in [1.82, 2.24) is 5.32 Å². The summed E-state index contributed by atoms with van der Waals surface area (Å²) in [5.74, 6) is -2.36. The minimum atomic E-state index is -4.09. The Morgan fingerprint density at radius 1 is 0.971 bits per heavy atom. The second-order valence-corrected chi connectivity index (χ2v) is 9.88. The third-order valence-corrected chi connectivity index (χ3v) is 6.83. The van der Waals surface area contributed by atoms with Crippen molar-refractivity contribution >= 4 is 55.7 Å². The number of aryl methyl sites for hydroxylation is 1. The third-order valence-electron chi connectivity index (χ3n) is 4.96. The summed E-state index contributed by atoms with van der Waals surface area (Å²) in [7, 11) is -4.09. The molecule has 3 aromatic rings. The second kappa shape index (κ2) is 9.43. The molecule has 0 aliphatic carbocycles. The number of carbonyl (C=O) groups excluding carboxylic acids is 3. The van der Waals surface area contributed by atoms with Crippen LogP contribution in [0.2, 0.25) is 0 Å². The number of nitrogens with zero attached hydrogens (tertiary/aromatic N) is 1.